The zero-order chi connectivity index (χ0) is 7.72. The van der Waals surface area contributed by atoms with Crippen molar-refractivity contribution in [1.82, 2.24) is 0 Å². The lowest BCUT2D eigenvalue weighted by atomic mass is 9.90. The van der Waals surface area contributed by atoms with Crippen LogP contribution in [0.3, 0.4) is 0 Å². The van der Waals surface area contributed by atoms with Gasteiger partial charge in [-0.15, -0.1) is 0 Å². The standard InChI is InChI=1S/C6H10BFO2/c1-3-4(2-9)10-6(7)5(3)8/h3-6,9H,2H2,1H3/t3-,4+,5?,6+/m0/s1. The molecule has 0 aromatic carbocycles. The first-order valence-electron chi connectivity index (χ1n) is 3.32. The lowest BCUT2D eigenvalue weighted by Gasteiger charge is -2.10. The SMILES string of the molecule is [B][C@@H]1O[C@H](CO)[C@H](C)C1F. The van der Waals surface area contributed by atoms with Gasteiger partial charge >= 0.3 is 0 Å². The number of ether oxygens (including phenoxy) is 1. The monoisotopic (exact) mass is 144 g/mol. The quantitative estimate of drug-likeness (QED) is 0.518. The zero-order valence-corrected chi connectivity index (χ0v) is 5.83. The summed E-state index contributed by atoms with van der Waals surface area (Å²) < 4.78 is 17.7. The minimum atomic E-state index is -1.14. The average molecular weight is 144 g/mol. The third kappa shape index (κ3) is 1.18. The summed E-state index contributed by atoms with van der Waals surface area (Å²) in [4.78, 5) is 0. The molecule has 56 valence electrons. The molecule has 4 heteroatoms. The lowest BCUT2D eigenvalue weighted by Crippen LogP contribution is -2.22. The third-order valence-electron chi connectivity index (χ3n) is 1.91. The van der Waals surface area contributed by atoms with Crippen molar-refractivity contribution in [2.75, 3.05) is 6.61 Å². The van der Waals surface area contributed by atoms with Crippen molar-refractivity contribution in [1.29, 1.82) is 0 Å². The van der Waals surface area contributed by atoms with E-state index in [-0.39, 0.29) is 12.5 Å². The molecule has 10 heavy (non-hydrogen) atoms. The van der Waals surface area contributed by atoms with Crippen molar-refractivity contribution in [3.05, 3.63) is 0 Å². The van der Waals surface area contributed by atoms with E-state index in [2.05, 4.69) is 0 Å². The van der Waals surface area contributed by atoms with Crippen LogP contribution < -0.4 is 0 Å². The van der Waals surface area contributed by atoms with Crippen LogP contribution in [0.5, 0.6) is 0 Å². The molecule has 1 saturated heterocycles. The Hall–Kier alpha value is -0.0851. The molecule has 0 aromatic rings. The summed E-state index contributed by atoms with van der Waals surface area (Å²) in [5.41, 5.74) is 0. The van der Waals surface area contributed by atoms with Gasteiger partial charge in [-0.1, -0.05) is 6.92 Å². The number of halogens is 1. The van der Waals surface area contributed by atoms with Crippen LogP contribution in [-0.4, -0.2) is 37.8 Å². The molecule has 1 rings (SSSR count). The van der Waals surface area contributed by atoms with Crippen LogP contribution in [0.1, 0.15) is 6.92 Å². The normalized spacial score (nSPS) is 47.9. The molecule has 0 aromatic heterocycles. The van der Waals surface area contributed by atoms with Gasteiger partial charge in [-0.3, -0.25) is 0 Å². The van der Waals surface area contributed by atoms with Gasteiger partial charge in [0.2, 0.25) is 0 Å². The van der Waals surface area contributed by atoms with Crippen LogP contribution in [-0.2, 0) is 4.74 Å². The van der Waals surface area contributed by atoms with Crippen molar-refractivity contribution < 1.29 is 14.2 Å². The van der Waals surface area contributed by atoms with Gasteiger partial charge in [0.15, 0.2) is 0 Å². The molecule has 1 N–H and O–H groups in total. The Balaban J connectivity index is 2.53. The van der Waals surface area contributed by atoms with E-state index < -0.39 is 18.3 Å². The summed E-state index contributed by atoms with van der Waals surface area (Å²) in [7, 11) is 5.23. The van der Waals surface area contributed by atoms with Crippen molar-refractivity contribution in [2.45, 2.75) is 25.2 Å². The molecule has 0 bridgehead atoms. The van der Waals surface area contributed by atoms with Crippen LogP contribution in [0.25, 0.3) is 0 Å². The molecule has 0 aliphatic carbocycles. The predicted octanol–water partition coefficient (Wildman–Crippen LogP) is -0.154. The van der Waals surface area contributed by atoms with E-state index in [0.29, 0.717) is 0 Å². The maximum atomic E-state index is 12.8. The summed E-state index contributed by atoms with van der Waals surface area (Å²) in [5.74, 6) is -0.292. The largest absolute Gasteiger partial charge is 0.394 e. The van der Waals surface area contributed by atoms with Crippen molar-refractivity contribution in [2.24, 2.45) is 5.92 Å². The number of alkyl halides is 1. The fraction of sp³-hybridized carbons (Fsp3) is 1.00. The van der Waals surface area contributed by atoms with Crippen LogP contribution in [0.2, 0.25) is 0 Å². The van der Waals surface area contributed by atoms with E-state index in [1.165, 1.54) is 0 Å². The summed E-state index contributed by atoms with van der Waals surface area (Å²) >= 11 is 0. The summed E-state index contributed by atoms with van der Waals surface area (Å²) in [6.07, 6.45) is -1.57. The highest BCUT2D eigenvalue weighted by Gasteiger charge is 2.38. The minimum absolute atomic E-state index is 0.157. The third-order valence-corrected chi connectivity index (χ3v) is 1.91. The molecule has 1 aliphatic rings. The molecular weight excluding hydrogens is 134 g/mol. The van der Waals surface area contributed by atoms with Crippen molar-refractivity contribution in [3.63, 3.8) is 0 Å². The van der Waals surface area contributed by atoms with Crippen LogP contribution in [0, 0.1) is 5.92 Å². The molecule has 0 saturated carbocycles. The Labute approximate surface area is 60.8 Å². The maximum absolute atomic E-state index is 12.8. The van der Waals surface area contributed by atoms with Gasteiger partial charge in [0.1, 0.15) is 14.0 Å². The van der Waals surface area contributed by atoms with Gasteiger partial charge < -0.3 is 9.84 Å². The molecule has 2 nitrogen and oxygen atoms in total. The van der Waals surface area contributed by atoms with E-state index in [1.807, 2.05) is 0 Å². The Bertz CT molecular complexity index is 122. The maximum Gasteiger partial charge on any atom is 0.123 e. The van der Waals surface area contributed by atoms with Crippen molar-refractivity contribution >= 4 is 7.85 Å². The van der Waals surface area contributed by atoms with E-state index >= 15 is 0 Å². The van der Waals surface area contributed by atoms with Gasteiger partial charge in [0, 0.05) is 11.9 Å². The molecule has 0 spiro atoms. The summed E-state index contributed by atoms with van der Waals surface area (Å²) in [6.45, 7) is 1.52. The van der Waals surface area contributed by atoms with E-state index in [1.54, 1.807) is 6.92 Å². The highest BCUT2D eigenvalue weighted by molar-refractivity contribution is 6.11. The predicted molar refractivity (Wildman–Crippen MR) is 35.6 cm³/mol. The highest BCUT2D eigenvalue weighted by atomic mass is 19.1. The molecular formula is C6H10BFO2. The first-order chi connectivity index (χ1) is 4.66. The van der Waals surface area contributed by atoms with Gasteiger partial charge in [-0.25, -0.2) is 4.39 Å². The molecule has 2 radical (unpaired) electrons. The lowest BCUT2D eigenvalue weighted by molar-refractivity contribution is 0.0279. The second kappa shape index (κ2) is 2.88. The first kappa shape index (κ1) is 8.02. The van der Waals surface area contributed by atoms with Crippen LogP contribution in [0.15, 0.2) is 0 Å². The Morgan fingerprint density at radius 2 is 2.30 bits per heavy atom. The van der Waals surface area contributed by atoms with Gasteiger partial charge in [-0.05, 0) is 0 Å². The van der Waals surface area contributed by atoms with Gasteiger partial charge in [0.05, 0.1) is 12.7 Å². The Morgan fingerprint density at radius 1 is 1.70 bits per heavy atom. The molecule has 1 unspecified atom stereocenters. The van der Waals surface area contributed by atoms with Gasteiger partial charge in [0.25, 0.3) is 0 Å². The average Bonchev–Trinajstić information content (AvgIpc) is 2.17. The number of aliphatic hydroxyl groups excluding tert-OH is 1. The minimum Gasteiger partial charge on any atom is -0.394 e. The van der Waals surface area contributed by atoms with Crippen LogP contribution in [0.4, 0.5) is 4.39 Å². The summed E-state index contributed by atoms with van der Waals surface area (Å²) in [5, 5.41) is 8.62. The number of hydrogen-bond donors (Lipinski definition) is 1. The van der Waals surface area contributed by atoms with E-state index in [4.69, 9.17) is 17.7 Å². The highest BCUT2D eigenvalue weighted by Crippen LogP contribution is 2.27. The second-order valence-corrected chi connectivity index (χ2v) is 2.63. The van der Waals surface area contributed by atoms with E-state index in [9.17, 15) is 4.39 Å². The Morgan fingerprint density at radius 3 is 2.50 bits per heavy atom. The fourth-order valence-corrected chi connectivity index (χ4v) is 1.11. The van der Waals surface area contributed by atoms with Crippen molar-refractivity contribution in [3.8, 4) is 0 Å². The number of rotatable bonds is 1. The fourth-order valence-electron chi connectivity index (χ4n) is 1.11. The molecule has 0 amide bonds. The number of aliphatic hydroxyl groups is 1. The smallest absolute Gasteiger partial charge is 0.123 e. The molecule has 1 fully saturated rings. The van der Waals surface area contributed by atoms with Gasteiger partial charge in [-0.2, -0.15) is 0 Å². The molecule has 4 atom stereocenters. The summed E-state index contributed by atoms with van der Waals surface area (Å²) in [6, 6.07) is -0.854. The first-order valence-corrected chi connectivity index (χ1v) is 3.32. The number of hydrogen-bond acceptors (Lipinski definition) is 2. The van der Waals surface area contributed by atoms with E-state index in [0.717, 1.165) is 0 Å². The zero-order valence-electron chi connectivity index (χ0n) is 5.83. The second-order valence-electron chi connectivity index (χ2n) is 2.63. The Kier molecular flexibility index (Phi) is 2.31. The molecule has 1 heterocycles. The topological polar surface area (TPSA) is 29.5 Å². The molecule has 1 aliphatic heterocycles. The van der Waals surface area contributed by atoms with Crippen LogP contribution >= 0.6 is 0 Å².